The molecule has 5 rings (SSSR count). The van der Waals surface area contributed by atoms with Crippen molar-refractivity contribution in [2.45, 2.75) is 51.6 Å². The molecular weight excluding hydrogens is 380 g/mol. The van der Waals surface area contributed by atoms with E-state index < -0.39 is 0 Å². The smallest absolute Gasteiger partial charge is 0.267 e. The molecule has 0 bridgehead atoms. The number of ether oxygens (including phenoxy) is 1. The number of methoxy groups -OCH3 is 1. The summed E-state index contributed by atoms with van der Waals surface area (Å²) in [5.74, 6) is 0.731. The Bertz CT molecular complexity index is 1180. The van der Waals surface area contributed by atoms with Gasteiger partial charge in [-0.05, 0) is 49.4 Å². The molecule has 1 amide bonds. The van der Waals surface area contributed by atoms with Gasteiger partial charge < -0.3 is 14.6 Å². The first-order valence-corrected chi connectivity index (χ1v) is 10.7. The van der Waals surface area contributed by atoms with Crippen LogP contribution < -0.4 is 10.3 Å². The minimum atomic E-state index is -0.182. The van der Waals surface area contributed by atoms with Crippen molar-refractivity contribution in [1.82, 2.24) is 19.7 Å². The highest BCUT2D eigenvalue weighted by Crippen LogP contribution is 2.30. The average molecular weight is 406 g/mol. The highest BCUT2D eigenvalue weighted by molar-refractivity contribution is 5.87. The number of carbonyl (C=O) groups excluding carboxylic acids is 1. The van der Waals surface area contributed by atoms with Gasteiger partial charge in [0, 0.05) is 47.7 Å². The highest BCUT2D eigenvalue weighted by Gasteiger charge is 2.25. The van der Waals surface area contributed by atoms with Crippen molar-refractivity contribution in [2.24, 2.45) is 0 Å². The summed E-state index contributed by atoms with van der Waals surface area (Å²) in [5, 5.41) is 5.63. The third kappa shape index (κ3) is 3.38. The number of H-pyrrole nitrogens is 1. The molecule has 0 fully saturated rings. The molecule has 30 heavy (non-hydrogen) atoms. The number of benzene rings is 1. The summed E-state index contributed by atoms with van der Waals surface area (Å²) >= 11 is 0. The summed E-state index contributed by atoms with van der Waals surface area (Å²) in [6.07, 6.45) is 5.91. The van der Waals surface area contributed by atoms with Crippen molar-refractivity contribution in [3.8, 4) is 5.75 Å². The standard InChI is InChI=1S/C23H26N4O3/c1-30-16-7-8-20-17(12-16)18-13-26(10-9-21(18)24-20)23(29)14-27-22(28)11-15-5-3-2-4-6-19(15)25-27/h7-8,11-12,24H,2-6,9-10,13-14H2,1H3. The lowest BCUT2D eigenvalue weighted by atomic mass is 10.0. The zero-order valence-corrected chi connectivity index (χ0v) is 17.2. The fourth-order valence-electron chi connectivity index (χ4n) is 4.65. The van der Waals surface area contributed by atoms with Crippen molar-refractivity contribution >= 4 is 16.8 Å². The molecule has 1 aliphatic carbocycles. The van der Waals surface area contributed by atoms with Crippen LogP contribution in [0.25, 0.3) is 10.9 Å². The molecule has 2 aliphatic rings. The molecule has 0 saturated carbocycles. The van der Waals surface area contributed by atoms with Gasteiger partial charge in [-0.1, -0.05) is 6.42 Å². The van der Waals surface area contributed by atoms with Crippen LogP contribution in [-0.2, 0) is 37.1 Å². The van der Waals surface area contributed by atoms with Gasteiger partial charge >= 0.3 is 0 Å². The van der Waals surface area contributed by atoms with E-state index in [1.807, 2.05) is 23.1 Å². The van der Waals surface area contributed by atoms with E-state index in [-0.39, 0.29) is 18.0 Å². The second-order valence-electron chi connectivity index (χ2n) is 8.23. The van der Waals surface area contributed by atoms with Gasteiger partial charge in [0.1, 0.15) is 12.3 Å². The first-order chi connectivity index (χ1) is 14.6. The number of carbonyl (C=O) groups is 1. The fraction of sp³-hybridized carbons (Fsp3) is 0.435. The van der Waals surface area contributed by atoms with Gasteiger partial charge in [-0.2, -0.15) is 5.10 Å². The average Bonchev–Trinajstić information content (AvgIpc) is 2.97. The van der Waals surface area contributed by atoms with E-state index in [1.165, 1.54) is 10.4 Å². The Kier molecular flexibility index (Phi) is 4.81. The molecule has 3 aromatic rings. The molecular formula is C23H26N4O3. The Labute approximate surface area is 174 Å². The third-order valence-electron chi connectivity index (χ3n) is 6.34. The van der Waals surface area contributed by atoms with Crippen LogP contribution in [0.2, 0.25) is 0 Å². The Balaban J connectivity index is 1.38. The molecule has 0 unspecified atom stereocenters. The van der Waals surface area contributed by atoms with Gasteiger partial charge in [0.25, 0.3) is 5.56 Å². The van der Waals surface area contributed by atoms with Crippen LogP contribution in [0.4, 0.5) is 0 Å². The number of rotatable bonds is 3. The number of hydrogen-bond acceptors (Lipinski definition) is 4. The number of aromatic amines is 1. The van der Waals surface area contributed by atoms with Gasteiger partial charge in [0.15, 0.2) is 0 Å². The van der Waals surface area contributed by atoms with Crippen molar-refractivity contribution in [1.29, 1.82) is 0 Å². The summed E-state index contributed by atoms with van der Waals surface area (Å²) in [5.41, 5.74) is 5.20. The lowest BCUT2D eigenvalue weighted by molar-refractivity contribution is -0.133. The molecule has 1 aliphatic heterocycles. The van der Waals surface area contributed by atoms with Crippen LogP contribution in [0.1, 0.15) is 41.8 Å². The number of aromatic nitrogens is 3. The van der Waals surface area contributed by atoms with Crippen LogP contribution in [0.3, 0.4) is 0 Å². The summed E-state index contributed by atoms with van der Waals surface area (Å²) in [6, 6.07) is 7.64. The third-order valence-corrected chi connectivity index (χ3v) is 6.34. The van der Waals surface area contributed by atoms with E-state index in [9.17, 15) is 9.59 Å². The molecule has 0 radical (unpaired) electrons. The molecule has 7 nitrogen and oxygen atoms in total. The van der Waals surface area contributed by atoms with Gasteiger partial charge in [0.2, 0.25) is 5.91 Å². The zero-order chi connectivity index (χ0) is 20.7. The van der Waals surface area contributed by atoms with E-state index in [1.54, 1.807) is 13.2 Å². The molecule has 156 valence electrons. The molecule has 1 aromatic carbocycles. The largest absolute Gasteiger partial charge is 0.497 e. The summed E-state index contributed by atoms with van der Waals surface area (Å²) in [7, 11) is 1.65. The lowest BCUT2D eigenvalue weighted by Crippen LogP contribution is -2.40. The maximum absolute atomic E-state index is 13.0. The monoisotopic (exact) mass is 406 g/mol. The van der Waals surface area contributed by atoms with Gasteiger partial charge in [-0.15, -0.1) is 0 Å². The van der Waals surface area contributed by atoms with Gasteiger partial charge in [-0.3, -0.25) is 9.59 Å². The van der Waals surface area contributed by atoms with Crippen LogP contribution >= 0.6 is 0 Å². The molecule has 3 heterocycles. The first-order valence-electron chi connectivity index (χ1n) is 10.7. The van der Waals surface area contributed by atoms with Crippen molar-refractivity contribution in [2.75, 3.05) is 13.7 Å². The van der Waals surface area contributed by atoms with Gasteiger partial charge in [0.05, 0.1) is 12.8 Å². The van der Waals surface area contributed by atoms with E-state index in [4.69, 9.17) is 4.74 Å². The number of hydrogen-bond donors (Lipinski definition) is 1. The summed E-state index contributed by atoms with van der Waals surface area (Å²) in [6.45, 7) is 1.16. The molecule has 0 atom stereocenters. The zero-order valence-electron chi connectivity index (χ0n) is 17.2. The van der Waals surface area contributed by atoms with Crippen molar-refractivity contribution in [3.05, 3.63) is 57.1 Å². The highest BCUT2D eigenvalue weighted by atomic mass is 16.5. The fourth-order valence-corrected chi connectivity index (χ4v) is 4.65. The number of nitrogens with zero attached hydrogens (tertiary/aromatic N) is 3. The molecule has 0 saturated heterocycles. The molecule has 0 spiro atoms. The SMILES string of the molecule is COc1ccc2[nH]c3c(c2c1)CN(C(=O)Cn1nc2c(cc1=O)CCCCC2)CC3. The number of fused-ring (bicyclic) bond motifs is 4. The van der Waals surface area contributed by atoms with Crippen molar-refractivity contribution < 1.29 is 9.53 Å². The lowest BCUT2D eigenvalue weighted by Gasteiger charge is -2.27. The number of amides is 1. The number of aryl methyl sites for hydroxylation is 2. The van der Waals surface area contributed by atoms with Crippen LogP contribution in [0.15, 0.2) is 29.1 Å². The topological polar surface area (TPSA) is 80.2 Å². The quantitative estimate of drug-likeness (QED) is 0.678. The molecule has 7 heteroatoms. The second kappa shape index (κ2) is 7.63. The van der Waals surface area contributed by atoms with Crippen molar-refractivity contribution in [3.63, 3.8) is 0 Å². The van der Waals surface area contributed by atoms with E-state index in [2.05, 4.69) is 10.1 Å². The maximum atomic E-state index is 13.0. The van der Waals surface area contributed by atoms with Crippen LogP contribution in [-0.4, -0.2) is 39.2 Å². The Morgan fingerprint density at radius 1 is 1.17 bits per heavy atom. The molecule has 2 aromatic heterocycles. The Morgan fingerprint density at radius 3 is 2.90 bits per heavy atom. The normalized spacial score (nSPS) is 16.1. The Hall–Kier alpha value is -3.09. The predicted molar refractivity (Wildman–Crippen MR) is 114 cm³/mol. The Morgan fingerprint density at radius 2 is 2.03 bits per heavy atom. The van der Waals surface area contributed by atoms with Gasteiger partial charge in [-0.25, -0.2) is 4.68 Å². The summed E-state index contributed by atoms with van der Waals surface area (Å²) < 4.78 is 6.71. The van der Waals surface area contributed by atoms with E-state index in [0.717, 1.165) is 72.0 Å². The minimum Gasteiger partial charge on any atom is -0.497 e. The first kappa shape index (κ1) is 18.9. The maximum Gasteiger partial charge on any atom is 0.267 e. The second-order valence-corrected chi connectivity index (χ2v) is 8.23. The summed E-state index contributed by atoms with van der Waals surface area (Å²) in [4.78, 5) is 30.9. The minimum absolute atomic E-state index is 0.00682. The predicted octanol–water partition coefficient (Wildman–Crippen LogP) is 2.59. The van der Waals surface area contributed by atoms with Crippen LogP contribution in [0.5, 0.6) is 5.75 Å². The molecule has 1 N–H and O–H groups in total. The number of nitrogens with one attached hydrogen (secondary N) is 1. The van der Waals surface area contributed by atoms with Crippen LogP contribution in [0, 0.1) is 0 Å². The van der Waals surface area contributed by atoms with E-state index >= 15 is 0 Å². The van der Waals surface area contributed by atoms with E-state index in [0.29, 0.717) is 13.1 Å².